The first-order valence-electron chi connectivity index (χ1n) is 5.25. The second-order valence-corrected chi connectivity index (χ2v) is 5.09. The molecule has 0 aliphatic heterocycles. The molecule has 1 heterocycles. The molecular weight excluding hydrogens is 224 g/mol. The lowest BCUT2D eigenvalue weighted by Crippen LogP contribution is -2.26. The molecule has 0 saturated heterocycles. The van der Waals surface area contributed by atoms with Gasteiger partial charge in [-0.05, 0) is 12.5 Å². The van der Waals surface area contributed by atoms with Crippen molar-refractivity contribution in [2.75, 3.05) is 12.9 Å². The van der Waals surface area contributed by atoms with Crippen LogP contribution in [0.25, 0.3) is 0 Å². The van der Waals surface area contributed by atoms with Gasteiger partial charge in [-0.2, -0.15) is 0 Å². The summed E-state index contributed by atoms with van der Waals surface area (Å²) >= 11 is 0. The molecule has 1 aromatic rings. The average Bonchev–Trinajstić information content (AvgIpc) is 2.29. The molecule has 0 aliphatic rings. The number of methoxy groups -OCH3 is 1. The Hall–Kier alpha value is -0.940. The highest BCUT2D eigenvalue weighted by molar-refractivity contribution is 7.84. The van der Waals surface area contributed by atoms with Crippen molar-refractivity contribution in [2.24, 2.45) is 5.73 Å². The van der Waals surface area contributed by atoms with Crippen LogP contribution in [0.15, 0.2) is 18.3 Å². The first-order chi connectivity index (χ1) is 7.67. The molecule has 0 fully saturated rings. The number of ether oxygens (including phenoxy) is 1. The Balaban J connectivity index is 2.62. The van der Waals surface area contributed by atoms with Gasteiger partial charge >= 0.3 is 0 Å². The Labute approximate surface area is 98.7 Å². The van der Waals surface area contributed by atoms with Crippen molar-refractivity contribution >= 4 is 10.8 Å². The molecule has 90 valence electrons. The fourth-order valence-electron chi connectivity index (χ4n) is 1.31. The van der Waals surface area contributed by atoms with Gasteiger partial charge in [0.05, 0.1) is 12.9 Å². The summed E-state index contributed by atoms with van der Waals surface area (Å²) in [5, 5.41) is 0. The Bertz CT molecular complexity index is 358. The van der Waals surface area contributed by atoms with Gasteiger partial charge in [0, 0.05) is 34.4 Å². The van der Waals surface area contributed by atoms with E-state index in [2.05, 4.69) is 4.98 Å². The molecular formula is C11H18N2O2S. The summed E-state index contributed by atoms with van der Waals surface area (Å²) < 4.78 is 16.9. The molecule has 16 heavy (non-hydrogen) atoms. The van der Waals surface area contributed by atoms with Crippen molar-refractivity contribution in [3.63, 3.8) is 0 Å². The van der Waals surface area contributed by atoms with Crippen LogP contribution < -0.4 is 10.5 Å². The molecule has 0 aliphatic carbocycles. The number of rotatable bonds is 6. The van der Waals surface area contributed by atoms with Gasteiger partial charge < -0.3 is 10.5 Å². The summed E-state index contributed by atoms with van der Waals surface area (Å²) in [5.41, 5.74) is 6.63. The van der Waals surface area contributed by atoms with E-state index in [1.165, 1.54) is 0 Å². The van der Waals surface area contributed by atoms with Crippen LogP contribution in [0.5, 0.6) is 5.88 Å². The molecule has 2 atom stereocenters. The monoisotopic (exact) mass is 242 g/mol. The van der Waals surface area contributed by atoms with Gasteiger partial charge in [0.25, 0.3) is 0 Å². The van der Waals surface area contributed by atoms with Crippen LogP contribution in [0, 0.1) is 0 Å². The first-order valence-corrected chi connectivity index (χ1v) is 6.74. The van der Waals surface area contributed by atoms with E-state index in [4.69, 9.17) is 10.5 Å². The standard InChI is InChI=1S/C11H18N2O2S/c1-3-10(12)8-16(14)7-9-5-4-6-13-11(9)15-2/h4-6,10H,3,7-8,12H2,1-2H3. The SMILES string of the molecule is CCC(N)CS(=O)Cc1cccnc1OC. The molecule has 2 N–H and O–H groups in total. The summed E-state index contributed by atoms with van der Waals surface area (Å²) in [5.74, 6) is 1.51. The molecule has 1 aromatic heterocycles. The van der Waals surface area contributed by atoms with Crippen LogP contribution in [0.1, 0.15) is 18.9 Å². The van der Waals surface area contributed by atoms with Crippen LogP contribution in [0.3, 0.4) is 0 Å². The predicted molar refractivity (Wildman–Crippen MR) is 65.8 cm³/mol. The zero-order valence-corrected chi connectivity index (χ0v) is 10.5. The second kappa shape index (κ2) is 6.60. The van der Waals surface area contributed by atoms with E-state index in [0.29, 0.717) is 17.4 Å². The van der Waals surface area contributed by atoms with Crippen molar-refractivity contribution in [3.05, 3.63) is 23.9 Å². The fraction of sp³-hybridized carbons (Fsp3) is 0.545. The lowest BCUT2D eigenvalue weighted by atomic mass is 10.3. The summed E-state index contributed by atoms with van der Waals surface area (Å²) in [7, 11) is 0.604. The molecule has 0 aromatic carbocycles. The topological polar surface area (TPSA) is 65.2 Å². The normalized spacial score (nSPS) is 14.4. The minimum absolute atomic E-state index is 0.00324. The molecule has 0 radical (unpaired) electrons. The molecule has 0 spiro atoms. The maximum absolute atomic E-state index is 11.8. The minimum atomic E-state index is -0.958. The zero-order valence-electron chi connectivity index (χ0n) is 9.68. The number of pyridine rings is 1. The molecule has 5 heteroatoms. The quantitative estimate of drug-likeness (QED) is 0.810. The van der Waals surface area contributed by atoms with E-state index in [-0.39, 0.29) is 6.04 Å². The van der Waals surface area contributed by atoms with Crippen LogP contribution >= 0.6 is 0 Å². The number of nitrogens with zero attached hydrogens (tertiary/aromatic N) is 1. The third-order valence-corrected chi connectivity index (χ3v) is 3.72. The summed E-state index contributed by atoms with van der Waals surface area (Å²) in [4.78, 5) is 4.06. The van der Waals surface area contributed by atoms with Gasteiger partial charge in [-0.15, -0.1) is 0 Å². The molecule has 0 amide bonds. The van der Waals surface area contributed by atoms with E-state index in [1.807, 2.05) is 19.1 Å². The third-order valence-electron chi connectivity index (χ3n) is 2.28. The Morgan fingerprint density at radius 2 is 2.38 bits per heavy atom. The summed E-state index contributed by atoms with van der Waals surface area (Å²) in [6, 6.07) is 3.69. The first kappa shape index (κ1) is 13.1. The number of hydrogen-bond donors (Lipinski definition) is 1. The maximum Gasteiger partial charge on any atom is 0.217 e. The number of hydrogen-bond acceptors (Lipinski definition) is 4. The molecule has 4 nitrogen and oxygen atoms in total. The molecule has 2 unspecified atom stereocenters. The van der Waals surface area contributed by atoms with Crippen LogP contribution in [-0.4, -0.2) is 28.1 Å². The van der Waals surface area contributed by atoms with Gasteiger partial charge in [0.1, 0.15) is 0 Å². The van der Waals surface area contributed by atoms with Crippen LogP contribution in [0.2, 0.25) is 0 Å². The fourth-order valence-corrected chi connectivity index (χ4v) is 2.70. The highest BCUT2D eigenvalue weighted by Crippen LogP contribution is 2.15. The lowest BCUT2D eigenvalue weighted by Gasteiger charge is -2.09. The summed E-state index contributed by atoms with van der Waals surface area (Å²) in [6.45, 7) is 1.99. The molecule has 1 rings (SSSR count). The smallest absolute Gasteiger partial charge is 0.217 e. The zero-order chi connectivity index (χ0) is 12.0. The molecule has 0 saturated carbocycles. The van der Waals surface area contributed by atoms with Crippen molar-refractivity contribution in [1.82, 2.24) is 4.98 Å². The van der Waals surface area contributed by atoms with E-state index < -0.39 is 10.8 Å². The van der Waals surface area contributed by atoms with E-state index in [1.54, 1.807) is 13.3 Å². The van der Waals surface area contributed by atoms with Gasteiger partial charge in [0.15, 0.2) is 0 Å². The minimum Gasteiger partial charge on any atom is -0.481 e. The average molecular weight is 242 g/mol. The van der Waals surface area contributed by atoms with Crippen LogP contribution in [-0.2, 0) is 16.6 Å². The number of nitrogens with two attached hydrogens (primary N) is 1. The highest BCUT2D eigenvalue weighted by Gasteiger charge is 2.10. The van der Waals surface area contributed by atoms with Gasteiger partial charge in [-0.1, -0.05) is 13.0 Å². The van der Waals surface area contributed by atoms with E-state index >= 15 is 0 Å². The second-order valence-electron chi connectivity index (χ2n) is 3.59. The van der Waals surface area contributed by atoms with Gasteiger partial charge in [-0.3, -0.25) is 4.21 Å². The van der Waals surface area contributed by atoms with Crippen molar-refractivity contribution in [3.8, 4) is 5.88 Å². The Morgan fingerprint density at radius 1 is 1.62 bits per heavy atom. The maximum atomic E-state index is 11.8. The van der Waals surface area contributed by atoms with Crippen LogP contribution in [0.4, 0.5) is 0 Å². The van der Waals surface area contributed by atoms with Gasteiger partial charge in [0.2, 0.25) is 5.88 Å². The Kier molecular flexibility index (Phi) is 5.42. The van der Waals surface area contributed by atoms with E-state index in [0.717, 1.165) is 12.0 Å². The van der Waals surface area contributed by atoms with Crippen molar-refractivity contribution in [1.29, 1.82) is 0 Å². The van der Waals surface area contributed by atoms with Gasteiger partial charge in [-0.25, -0.2) is 4.98 Å². The van der Waals surface area contributed by atoms with E-state index in [9.17, 15) is 4.21 Å². The van der Waals surface area contributed by atoms with Crippen molar-refractivity contribution in [2.45, 2.75) is 25.1 Å². The summed E-state index contributed by atoms with van der Waals surface area (Å²) in [6.07, 6.45) is 2.50. The third kappa shape index (κ3) is 3.90. The number of aromatic nitrogens is 1. The largest absolute Gasteiger partial charge is 0.481 e. The Morgan fingerprint density at radius 3 is 3.00 bits per heavy atom. The lowest BCUT2D eigenvalue weighted by molar-refractivity contribution is 0.394. The molecule has 0 bridgehead atoms. The highest BCUT2D eigenvalue weighted by atomic mass is 32.2. The predicted octanol–water partition coefficient (Wildman–Crippen LogP) is 1.08. The van der Waals surface area contributed by atoms with Crippen molar-refractivity contribution < 1.29 is 8.95 Å².